The van der Waals surface area contributed by atoms with Crippen LogP contribution in [0.15, 0.2) is 88.5 Å². The molecule has 0 saturated carbocycles. The molecular formula is C28H24N8O2. The van der Waals surface area contributed by atoms with Crippen molar-refractivity contribution in [2.75, 3.05) is 0 Å². The number of para-hydroxylation sites is 1. The van der Waals surface area contributed by atoms with Crippen LogP contribution in [0.1, 0.15) is 18.3 Å². The molecule has 0 aliphatic carbocycles. The van der Waals surface area contributed by atoms with Crippen LogP contribution >= 0.6 is 0 Å². The van der Waals surface area contributed by atoms with E-state index in [9.17, 15) is 9.59 Å². The molecule has 10 heteroatoms. The first-order valence-corrected chi connectivity index (χ1v) is 12.3. The summed E-state index contributed by atoms with van der Waals surface area (Å²) >= 11 is 0. The molecule has 1 N–H and O–H groups in total. The Hall–Kier alpha value is -5.12. The van der Waals surface area contributed by atoms with Crippen molar-refractivity contribution in [1.82, 2.24) is 39.3 Å². The number of imidazole rings is 1. The average molecular weight is 505 g/mol. The number of aryl methyl sites for hydroxylation is 2. The van der Waals surface area contributed by atoms with Gasteiger partial charge in [0.2, 0.25) is 0 Å². The van der Waals surface area contributed by atoms with E-state index in [1.807, 2.05) is 85.1 Å². The van der Waals surface area contributed by atoms with Gasteiger partial charge in [-0.1, -0.05) is 66.7 Å². The first kappa shape index (κ1) is 23.3. The molecule has 188 valence electrons. The number of aromatic nitrogens is 8. The van der Waals surface area contributed by atoms with Crippen LogP contribution < -0.4 is 11.2 Å². The van der Waals surface area contributed by atoms with Crippen molar-refractivity contribution in [3.8, 4) is 28.2 Å². The number of nitrogens with zero attached hydrogens (tertiary/aromatic N) is 7. The van der Waals surface area contributed by atoms with Crippen molar-refractivity contribution >= 4 is 11.2 Å². The monoisotopic (exact) mass is 504 g/mol. The number of hydrogen-bond donors (Lipinski definition) is 1. The summed E-state index contributed by atoms with van der Waals surface area (Å²) in [5.41, 5.74) is 4.47. The van der Waals surface area contributed by atoms with Crippen LogP contribution in [0.3, 0.4) is 0 Å². The van der Waals surface area contributed by atoms with Crippen molar-refractivity contribution < 1.29 is 0 Å². The summed E-state index contributed by atoms with van der Waals surface area (Å²) in [6.07, 6.45) is 0. The summed E-state index contributed by atoms with van der Waals surface area (Å²) in [7, 11) is 0. The van der Waals surface area contributed by atoms with Gasteiger partial charge in [-0.25, -0.2) is 19.4 Å². The number of fused-ring (bicyclic) bond motifs is 1. The van der Waals surface area contributed by atoms with Gasteiger partial charge in [-0.05, 0) is 53.1 Å². The fourth-order valence-electron chi connectivity index (χ4n) is 4.82. The molecule has 10 nitrogen and oxygen atoms in total. The van der Waals surface area contributed by atoms with Gasteiger partial charge in [-0.3, -0.25) is 9.36 Å². The molecular weight excluding hydrogens is 480 g/mol. The Morgan fingerprint density at radius 2 is 1.55 bits per heavy atom. The minimum absolute atomic E-state index is 0.382. The average Bonchev–Trinajstić information content (AvgIpc) is 3.59. The Bertz CT molecular complexity index is 1870. The van der Waals surface area contributed by atoms with Gasteiger partial charge in [0, 0.05) is 18.7 Å². The fourth-order valence-corrected chi connectivity index (χ4v) is 4.82. The molecule has 0 spiro atoms. The number of H-pyrrole nitrogens is 1. The molecule has 6 aromatic rings. The second-order valence-corrected chi connectivity index (χ2v) is 8.91. The third-order valence-corrected chi connectivity index (χ3v) is 6.69. The molecule has 3 aromatic carbocycles. The third kappa shape index (κ3) is 3.83. The van der Waals surface area contributed by atoms with Crippen LogP contribution in [0.5, 0.6) is 0 Å². The summed E-state index contributed by atoms with van der Waals surface area (Å²) in [6.45, 7) is 4.56. The van der Waals surface area contributed by atoms with Crippen LogP contribution in [0.25, 0.3) is 39.4 Å². The zero-order valence-corrected chi connectivity index (χ0v) is 20.9. The molecule has 3 heterocycles. The summed E-state index contributed by atoms with van der Waals surface area (Å²) < 4.78 is 4.65. The Kier molecular flexibility index (Phi) is 5.76. The van der Waals surface area contributed by atoms with Gasteiger partial charge in [-0.2, -0.15) is 0 Å². The van der Waals surface area contributed by atoms with Gasteiger partial charge in [0.05, 0.1) is 5.69 Å². The van der Waals surface area contributed by atoms with E-state index < -0.39 is 5.69 Å². The van der Waals surface area contributed by atoms with E-state index in [1.165, 1.54) is 4.57 Å². The Labute approximate surface area is 216 Å². The van der Waals surface area contributed by atoms with E-state index in [1.54, 1.807) is 16.7 Å². The molecule has 0 saturated heterocycles. The molecule has 0 fully saturated rings. The lowest BCUT2D eigenvalue weighted by Gasteiger charge is -2.12. The number of nitrogens with one attached hydrogen (secondary N) is 1. The van der Waals surface area contributed by atoms with Gasteiger partial charge in [0.15, 0.2) is 17.0 Å². The zero-order chi connectivity index (χ0) is 26.2. The molecule has 0 unspecified atom stereocenters. The van der Waals surface area contributed by atoms with Crippen molar-refractivity contribution in [2.45, 2.75) is 26.9 Å². The summed E-state index contributed by atoms with van der Waals surface area (Å²) in [6, 6.07) is 25.0. The van der Waals surface area contributed by atoms with Crippen molar-refractivity contribution in [1.29, 1.82) is 0 Å². The fraction of sp³-hybridized carbons (Fsp3) is 0.143. The minimum Gasteiger partial charge on any atom is -0.318 e. The number of benzene rings is 3. The molecule has 38 heavy (non-hydrogen) atoms. The minimum atomic E-state index is -0.397. The number of rotatable bonds is 6. The van der Waals surface area contributed by atoms with Gasteiger partial charge in [0.25, 0.3) is 5.56 Å². The maximum atomic E-state index is 13.7. The second kappa shape index (κ2) is 9.40. The summed E-state index contributed by atoms with van der Waals surface area (Å²) in [4.78, 5) is 31.6. The van der Waals surface area contributed by atoms with Gasteiger partial charge in [0.1, 0.15) is 5.82 Å². The first-order chi connectivity index (χ1) is 18.6. The van der Waals surface area contributed by atoms with Crippen molar-refractivity contribution in [3.05, 3.63) is 111 Å². The second-order valence-electron chi connectivity index (χ2n) is 8.91. The Morgan fingerprint density at radius 1 is 0.842 bits per heavy atom. The van der Waals surface area contributed by atoms with Crippen LogP contribution in [0.2, 0.25) is 0 Å². The lowest BCUT2D eigenvalue weighted by atomic mass is 9.98. The molecule has 0 aliphatic rings. The topological polar surface area (TPSA) is 116 Å². The largest absolute Gasteiger partial charge is 0.337 e. The third-order valence-electron chi connectivity index (χ3n) is 6.69. The smallest absolute Gasteiger partial charge is 0.318 e. The van der Waals surface area contributed by atoms with Crippen molar-refractivity contribution in [2.24, 2.45) is 0 Å². The normalized spacial score (nSPS) is 11.3. The standard InChI is InChI=1S/C28H24N8O2/c1-3-34-26-24(27(37)36(28(34)38)21-9-5-4-6-10-21)35(18(2)29-26)17-19-13-15-20(16-14-19)22-11-7-8-12-23(22)25-30-32-33-31-25/h4-16H,3,17H2,1-2H3,(H,30,31,32,33). The van der Waals surface area contributed by atoms with Gasteiger partial charge >= 0.3 is 5.69 Å². The highest BCUT2D eigenvalue weighted by molar-refractivity contribution is 5.80. The van der Waals surface area contributed by atoms with E-state index in [-0.39, 0.29) is 5.56 Å². The molecule has 0 aliphatic heterocycles. The van der Waals surface area contributed by atoms with E-state index in [4.69, 9.17) is 0 Å². The van der Waals surface area contributed by atoms with Crippen LogP contribution in [-0.2, 0) is 13.1 Å². The summed E-state index contributed by atoms with van der Waals surface area (Å²) in [5.74, 6) is 1.26. The lowest BCUT2D eigenvalue weighted by molar-refractivity contribution is 0.683. The zero-order valence-electron chi connectivity index (χ0n) is 20.9. The highest BCUT2D eigenvalue weighted by atomic mass is 16.2. The predicted molar refractivity (Wildman–Crippen MR) is 144 cm³/mol. The number of aromatic amines is 1. The molecule has 6 rings (SSSR count). The maximum Gasteiger partial charge on any atom is 0.337 e. The molecule has 0 bridgehead atoms. The molecule has 0 atom stereocenters. The molecule has 0 amide bonds. The first-order valence-electron chi connectivity index (χ1n) is 12.3. The van der Waals surface area contributed by atoms with E-state index >= 15 is 0 Å². The van der Waals surface area contributed by atoms with E-state index in [0.29, 0.717) is 41.6 Å². The van der Waals surface area contributed by atoms with E-state index in [2.05, 4.69) is 25.6 Å². The molecule has 0 radical (unpaired) electrons. The maximum absolute atomic E-state index is 13.7. The SMILES string of the molecule is CCn1c(=O)n(-c2ccccc2)c(=O)c2c1nc(C)n2Cc1ccc(-c2ccccc2-c2nnn[nH]2)cc1. The Morgan fingerprint density at radius 3 is 2.24 bits per heavy atom. The predicted octanol–water partition coefficient (Wildman–Crippen LogP) is 3.57. The highest BCUT2D eigenvalue weighted by Crippen LogP contribution is 2.30. The van der Waals surface area contributed by atoms with Crippen LogP contribution in [-0.4, -0.2) is 39.3 Å². The number of tetrazole rings is 1. The van der Waals surface area contributed by atoms with Crippen molar-refractivity contribution in [3.63, 3.8) is 0 Å². The van der Waals surface area contributed by atoms with Crippen LogP contribution in [0, 0.1) is 6.92 Å². The van der Waals surface area contributed by atoms with Gasteiger partial charge < -0.3 is 4.57 Å². The van der Waals surface area contributed by atoms with E-state index in [0.717, 1.165) is 22.3 Å². The van der Waals surface area contributed by atoms with Crippen LogP contribution in [0.4, 0.5) is 0 Å². The number of hydrogen-bond acceptors (Lipinski definition) is 6. The Balaban J connectivity index is 1.43. The summed E-state index contributed by atoms with van der Waals surface area (Å²) in [5, 5.41) is 14.3. The van der Waals surface area contributed by atoms with Gasteiger partial charge in [-0.15, -0.1) is 5.10 Å². The molecule has 3 aromatic heterocycles. The quantitative estimate of drug-likeness (QED) is 0.371. The highest BCUT2D eigenvalue weighted by Gasteiger charge is 2.20. The lowest BCUT2D eigenvalue weighted by Crippen LogP contribution is -2.39.